The van der Waals surface area contributed by atoms with Gasteiger partial charge in [0.05, 0.1) is 5.41 Å². The minimum absolute atomic E-state index is 0.188. The maximum Gasteiger partial charge on any atom is 0.228 e. The topological polar surface area (TPSA) is 82.0 Å². The Balaban J connectivity index is 2.24. The van der Waals surface area contributed by atoms with Crippen molar-refractivity contribution in [2.24, 2.45) is 17.4 Å². The van der Waals surface area contributed by atoms with Gasteiger partial charge in [-0.25, -0.2) is 0 Å². The molecule has 4 nitrogen and oxygen atoms in total. The normalized spacial score (nSPS) is 29.8. The molecular weight excluding hydrogens is 226 g/mol. The Morgan fingerprint density at radius 1 is 1.39 bits per heavy atom. The van der Waals surface area contributed by atoms with Crippen molar-refractivity contribution in [1.82, 2.24) is 4.98 Å². The van der Waals surface area contributed by atoms with Gasteiger partial charge >= 0.3 is 0 Å². The lowest BCUT2D eigenvalue weighted by molar-refractivity contribution is -0.125. The average molecular weight is 247 g/mol. The van der Waals surface area contributed by atoms with E-state index in [1.165, 1.54) is 0 Å². The highest BCUT2D eigenvalue weighted by atomic mass is 16.1. The quantitative estimate of drug-likeness (QED) is 0.845. The van der Waals surface area contributed by atoms with Crippen LogP contribution in [0.4, 0.5) is 0 Å². The van der Waals surface area contributed by atoms with Gasteiger partial charge in [0.2, 0.25) is 5.91 Å². The first-order chi connectivity index (χ1) is 8.56. The Kier molecular flexibility index (Phi) is 3.66. The van der Waals surface area contributed by atoms with E-state index in [1.54, 1.807) is 12.4 Å². The van der Waals surface area contributed by atoms with Crippen LogP contribution < -0.4 is 11.5 Å². The molecule has 2 rings (SSSR count). The SMILES string of the molecule is C[C@@H](N)[C@H]1CC[C@@](C(N)=O)(c2ccncc2)CC1. The Morgan fingerprint density at radius 2 is 1.94 bits per heavy atom. The van der Waals surface area contributed by atoms with Gasteiger partial charge in [0.15, 0.2) is 0 Å². The van der Waals surface area contributed by atoms with Crippen molar-refractivity contribution in [1.29, 1.82) is 0 Å². The second-order valence-corrected chi connectivity index (χ2v) is 5.38. The van der Waals surface area contributed by atoms with E-state index in [9.17, 15) is 4.79 Å². The molecule has 1 aromatic rings. The van der Waals surface area contributed by atoms with Crippen LogP contribution in [-0.4, -0.2) is 16.9 Å². The zero-order valence-corrected chi connectivity index (χ0v) is 10.8. The van der Waals surface area contributed by atoms with E-state index in [2.05, 4.69) is 4.98 Å². The molecule has 0 aliphatic heterocycles. The molecule has 1 aliphatic rings. The molecule has 1 aliphatic carbocycles. The van der Waals surface area contributed by atoms with E-state index in [0.29, 0.717) is 5.92 Å². The van der Waals surface area contributed by atoms with Crippen molar-refractivity contribution in [3.63, 3.8) is 0 Å². The molecule has 18 heavy (non-hydrogen) atoms. The predicted octanol–water partition coefficient (Wildman–Crippen LogP) is 1.34. The number of carbonyl (C=O) groups is 1. The molecule has 0 spiro atoms. The molecule has 1 saturated carbocycles. The van der Waals surface area contributed by atoms with Gasteiger partial charge in [-0.15, -0.1) is 0 Å². The molecule has 1 fully saturated rings. The standard InChI is InChI=1S/C14H21N3O/c1-10(15)11-2-6-14(7-3-11,13(16)18)12-4-8-17-9-5-12/h4-5,8-11H,2-3,6-7,15H2,1H3,(H2,16,18)/t10-,11-,14-/m1/s1. The third kappa shape index (κ3) is 2.25. The maximum atomic E-state index is 11.9. The molecule has 0 saturated heterocycles. The number of nitrogens with zero attached hydrogens (tertiary/aromatic N) is 1. The summed E-state index contributed by atoms with van der Waals surface area (Å²) in [7, 11) is 0. The summed E-state index contributed by atoms with van der Waals surface area (Å²) < 4.78 is 0. The summed E-state index contributed by atoms with van der Waals surface area (Å²) >= 11 is 0. The number of hydrogen-bond acceptors (Lipinski definition) is 3. The second-order valence-electron chi connectivity index (χ2n) is 5.38. The fourth-order valence-corrected chi connectivity index (χ4v) is 3.01. The summed E-state index contributed by atoms with van der Waals surface area (Å²) in [5, 5.41) is 0. The van der Waals surface area contributed by atoms with E-state index in [0.717, 1.165) is 31.2 Å². The lowest BCUT2D eigenvalue weighted by atomic mass is 9.65. The Hall–Kier alpha value is -1.42. The number of nitrogens with two attached hydrogens (primary N) is 2. The zero-order valence-electron chi connectivity index (χ0n) is 10.8. The van der Waals surface area contributed by atoms with Crippen LogP contribution in [0.1, 0.15) is 38.2 Å². The van der Waals surface area contributed by atoms with Crippen LogP contribution in [0.15, 0.2) is 24.5 Å². The summed E-state index contributed by atoms with van der Waals surface area (Å²) in [5.74, 6) is 0.274. The Labute approximate surface area is 108 Å². The van der Waals surface area contributed by atoms with Gasteiger partial charge in [0.1, 0.15) is 0 Å². The minimum Gasteiger partial charge on any atom is -0.369 e. The number of primary amides is 1. The lowest BCUT2D eigenvalue weighted by Crippen LogP contribution is -2.46. The summed E-state index contributed by atoms with van der Waals surface area (Å²) in [6.07, 6.45) is 6.94. The highest BCUT2D eigenvalue weighted by Crippen LogP contribution is 2.41. The predicted molar refractivity (Wildman–Crippen MR) is 70.7 cm³/mol. The molecule has 0 aromatic carbocycles. The van der Waals surface area contributed by atoms with Gasteiger partial charge in [-0.3, -0.25) is 9.78 Å². The zero-order chi connectivity index (χ0) is 13.2. The maximum absolute atomic E-state index is 11.9. The number of amides is 1. The molecule has 1 amide bonds. The first-order valence-electron chi connectivity index (χ1n) is 6.52. The lowest BCUT2D eigenvalue weighted by Gasteiger charge is -2.39. The van der Waals surface area contributed by atoms with Crippen molar-refractivity contribution >= 4 is 5.91 Å². The van der Waals surface area contributed by atoms with Crippen molar-refractivity contribution in [3.05, 3.63) is 30.1 Å². The van der Waals surface area contributed by atoms with Crippen LogP contribution in [0.5, 0.6) is 0 Å². The largest absolute Gasteiger partial charge is 0.369 e. The van der Waals surface area contributed by atoms with E-state index >= 15 is 0 Å². The van der Waals surface area contributed by atoms with Gasteiger partial charge in [0.25, 0.3) is 0 Å². The molecule has 98 valence electrons. The van der Waals surface area contributed by atoms with Gasteiger partial charge in [-0.05, 0) is 56.2 Å². The summed E-state index contributed by atoms with van der Waals surface area (Å²) in [5.41, 5.74) is 12.1. The van der Waals surface area contributed by atoms with Gasteiger partial charge in [0, 0.05) is 18.4 Å². The molecular formula is C14H21N3O. The fourth-order valence-electron chi connectivity index (χ4n) is 3.01. The van der Waals surface area contributed by atoms with Gasteiger partial charge < -0.3 is 11.5 Å². The molecule has 0 radical (unpaired) electrons. The van der Waals surface area contributed by atoms with Crippen molar-refractivity contribution < 1.29 is 4.79 Å². The smallest absolute Gasteiger partial charge is 0.228 e. The van der Waals surface area contributed by atoms with Crippen LogP contribution >= 0.6 is 0 Å². The average Bonchev–Trinajstić information content (AvgIpc) is 2.39. The molecule has 1 atom stereocenters. The number of pyridine rings is 1. The van der Waals surface area contributed by atoms with E-state index in [4.69, 9.17) is 11.5 Å². The summed E-state index contributed by atoms with van der Waals surface area (Å²) in [4.78, 5) is 15.9. The monoisotopic (exact) mass is 247 g/mol. The van der Waals surface area contributed by atoms with Crippen molar-refractivity contribution in [3.8, 4) is 0 Å². The number of hydrogen-bond donors (Lipinski definition) is 2. The molecule has 1 aromatic heterocycles. The van der Waals surface area contributed by atoms with E-state index in [-0.39, 0.29) is 11.9 Å². The van der Waals surface area contributed by atoms with Crippen molar-refractivity contribution in [2.75, 3.05) is 0 Å². The minimum atomic E-state index is -0.520. The second kappa shape index (κ2) is 5.06. The van der Waals surface area contributed by atoms with Crippen molar-refractivity contribution in [2.45, 2.75) is 44.1 Å². The highest BCUT2D eigenvalue weighted by Gasteiger charge is 2.42. The molecule has 4 heteroatoms. The summed E-state index contributed by atoms with van der Waals surface area (Å²) in [6.45, 7) is 2.04. The third-order valence-electron chi connectivity index (χ3n) is 4.33. The van der Waals surface area contributed by atoms with Crippen LogP contribution in [0.2, 0.25) is 0 Å². The Morgan fingerprint density at radius 3 is 2.39 bits per heavy atom. The number of carbonyl (C=O) groups excluding carboxylic acids is 1. The van der Waals surface area contributed by atoms with Crippen LogP contribution in [0.25, 0.3) is 0 Å². The van der Waals surface area contributed by atoms with Gasteiger partial charge in [-0.2, -0.15) is 0 Å². The first kappa shape index (κ1) is 13.0. The first-order valence-corrected chi connectivity index (χ1v) is 6.52. The molecule has 0 bridgehead atoms. The highest BCUT2D eigenvalue weighted by molar-refractivity contribution is 5.86. The van der Waals surface area contributed by atoms with E-state index in [1.807, 2.05) is 19.1 Å². The van der Waals surface area contributed by atoms with Gasteiger partial charge in [-0.1, -0.05) is 0 Å². The van der Waals surface area contributed by atoms with Crippen LogP contribution in [0.3, 0.4) is 0 Å². The fraction of sp³-hybridized carbons (Fsp3) is 0.571. The number of rotatable bonds is 3. The van der Waals surface area contributed by atoms with Crippen LogP contribution in [0, 0.1) is 5.92 Å². The molecule has 4 N–H and O–H groups in total. The van der Waals surface area contributed by atoms with E-state index < -0.39 is 5.41 Å². The van der Waals surface area contributed by atoms with Crippen LogP contribution in [-0.2, 0) is 10.2 Å². The third-order valence-corrected chi connectivity index (χ3v) is 4.33. The number of aromatic nitrogens is 1. The molecule has 0 unspecified atom stereocenters. The summed E-state index contributed by atoms with van der Waals surface area (Å²) in [6, 6.07) is 3.99. The molecule has 1 heterocycles. The Bertz CT molecular complexity index is 408.